The van der Waals surface area contributed by atoms with Crippen molar-refractivity contribution < 1.29 is 14.6 Å². The molecule has 82 valence electrons. The van der Waals surface area contributed by atoms with E-state index in [-0.39, 0.29) is 24.4 Å². The third-order valence-corrected chi connectivity index (χ3v) is 1.70. The maximum Gasteiger partial charge on any atom is 0.250 e. The molecule has 0 heterocycles. The van der Waals surface area contributed by atoms with Crippen molar-refractivity contribution in [2.45, 2.75) is 20.0 Å². The Hall–Kier alpha value is -1.55. The van der Waals surface area contributed by atoms with E-state index in [0.29, 0.717) is 5.69 Å². The van der Waals surface area contributed by atoms with Gasteiger partial charge in [0.25, 0.3) is 0 Å². The number of hydrogen-bond acceptors (Lipinski definition) is 3. The summed E-state index contributed by atoms with van der Waals surface area (Å²) in [6.45, 7) is 3.78. The molecule has 0 aliphatic rings. The van der Waals surface area contributed by atoms with Crippen LogP contribution in [0.1, 0.15) is 13.8 Å². The third kappa shape index (κ3) is 4.46. The minimum atomic E-state index is -0.200. The van der Waals surface area contributed by atoms with Crippen molar-refractivity contribution in [2.75, 3.05) is 11.9 Å². The van der Waals surface area contributed by atoms with Gasteiger partial charge in [0.05, 0.1) is 6.10 Å². The van der Waals surface area contributed by atoms with Gasteiger partial charge in [-0.25, -0.2) is 0 Å². The standard InChI is InChI=1S/C11H15NO3/c1-8(2)15-7-11(14)12-9-3-5-10(13)6-4-9/h3-6,8,13H,7H2,1-2H3,(H,12,14). The van der Waals surface area contributed by atoms with E-state index in [1.54, 1.807) is 12.1 Å². The first-order valence-corrected chi connectivity index (χ1v) is 4.78. The molecule has 0 bridgehead atoms. The van der Waals surface area contributed by atoms with Gasteiger partial charge < -0.3 is 15.2 Å². The van der Waals surface area contributed by atoms with Gasteiger partial charge in [-0.2, -0.15) is 0 Å². The molecule has 0 saturated heterocycles. The first kappa shape index (κ1) is 11.5. The number of hydrogen-bond donors (Lipinski definition) is 2. The molecule has 0 radical (unpaired) electrons. The van der Waals surface area contributed by atoms with Crippen LogP contribution in [0.15, 0.2) is 24.3 Å². The fraction of sp³-hybridized carbons (Fsp3) is 0.364. The lowest BCUT2D eigenvalue weighted by molar-refractivity contribution is -0.121. The fourth-order valence-electron chi connectivity index (χ4n) is 0.984. The van der Waals surface area contributed by atoms with E-state index in [4.69, 9.17) is 9.84 Å². The molecule has 1 amide bonds. The summed E-state index contributed by atoms with van der Waals surface area (Å²) in [5.41, 5.74) is 0.644. The van der Waals surface area contributed by atoms with Crippen molar-refractivity contribution >= 4 is 11.6 Å². The van der Waals surface area contributed by atoms with Crippen LogP contribution in [0.4, 0.5) is 5.69 Å². The summed E-state index contributed by atoms with van der Waals surface area (Å²) >= 11 is 0. The lowest BCUT2D eigenvalue weighted by Gasteiger charge is -2.08. The highest BCUT2D eigenvalue weighted by atomic mass is 16.5. The Labute approximate surface area is 88.9 Å². The molecule has 0 saturated carbocycles. The average Bonchev–Trinajstić information content (AvgIpc) is 2.19. The molecule has 1 aromatic carbocycles. The second kappa shape index (κ2) is 5.36. The molecular weight excluding hydrogens is 194 g/mol. The quantitative estimate of drug-likeness (QED) is 0.743. The summed E-state index contributed by atoms with van der Waals surface area (Å²) in [6.07, 6.45) is 0.0376. The summed E-state index contributed by atoms with van der Waals surface area (Å²) in [6, 6.07) is 6.28. The summed E-state index contributed by atoms with van der Waals surface area (Å²) in [7, 11) is 0. The monoisotopic (exact) mass is 209 g/mol. The van der Waals surface area contributed by atoms with E-state index in [1.165, 1.54) is 12.1 Å². The second-order valence-corrected chi connectivity index (χ2v) is 3.45. The molecule has 0 spiro atoms. The SMILES string of the molecule is CC(C)OCC(=O)Nc1ccc(O)cc1. The van der Waals surface area contributed by atoms with Gasteiger partial charge >= 0.3 is 0 Å². The van der Waals surface area contributed by atoms with Crippen LogP contribution in [-0.2, 0) is 9.53 Å². The van der Waals surface area contributed by atoms with E-state index in [0.717, 1.165) is 0 Å². The van der Waals surface area contributed by atoms with Gasteiger partial charge in [0, 0.05) is 5.69 Å². The van der Waals surface area contributed by atoms with Crippen LogP contribution >= 0.6 is 0 Å². The van der Waals surface area contributed by atoms with Gasteiger partial charge in [-0.3, -0.25) is 4.79 Å². The van der Waals surface area contributed by atoms with Crippen LogP contribution in [0.2, 0.25) is 0 Å². The smallest absolute Gasteiger partial charge is 0.250 e. The highest BCUT2D eigenvalue weighted by Gasteiger charge is 2.03. The number of carbonyl (C=O) groups is 1. The minimum absolute atomic E-state index is 0.0376. The Kier molecular flexibility index (Phi) is 4.12. The molecule has 0 atom stereocenters. The number of nitrogens with one attached hydrogen (secondary N) is 1. The molecule has 4 heteroatoms. The molecule has 1 rings (SSSR count). The summed E-state index contributed by atoms with van der Waals surface area (Å²) in [4.78, 5) is 11.3. The highest BCUT2D eigenvalue weighted by Crippen LogP contribution is 2.13. The van der Waals surface area contributed by atoms with Crippen LogP contribution in [0.5, 0.6) is 5.75 Å². The van der Waals surface area contributed by atoms with Crippen LogP contribution in [0.3, 0.4) is 0 Å². The van der Waals surface area contributed by atoms with Crippen LogP contribution in [0, 0.1) is 0 Å². The van der Waals surface area contributed by atoms with Crippen LogP contribution < -0.4 is 5.32 Å². The molecule has 15 heavy (non-hydrogen) atoms. The Morgan fingerprint density at radius 2 is 2.00 bits per heavy atom. The largest absolute Gasteiger partial charge is 0.508 e. The highest BCUT2D eigenvalue weighted by molar-refractivity contribution is 5.91. The predicted molar refractivity (Wildman–Crippen MR) is 57.8 cm³/mol. The molecule has 1 aromatic rings. The number of anilines is 1. The number of phenols is 1. The summed E-state index contributed by atoms with van der Waals surface area (Å²) in [5, 5.41) is 11.7. The van der Waals surface area contributed by atoms with Gasteiger partial charge in [0.15, 0.2) is 0 Å². The zero-order chi connectivity index (χ0) is 11.3. The lowest BCUT2D eigenvalue weighted by Crippen LogP contribution is -2.20. The number of aromatic hydroxyl groups is 1. The Morgan fingerprint density at radius 1 is 1.40 bits per heavy atom. The fourth-order valence-corrected chi connectivity index (χ4v) is 0.984. The van der Waals surface area contributed by atoms with Crippen LogP contribution in [-0.4, -0.2) is 23.7 Å². The van der Waals surface area contributed by atoms with Gasteiger partial charge in [0.1, 0.15) is 12.4 Å². The first-order valence-electron chi connectivity index (χ1n) is 4.78. The topological polar surface area (TPSA) is 58.6 Å². The maximum atomic E-state index is 11.3. The molecule has 0 aliphatic carbocycles. The maximum absolute atomic E-state index is 11.3. The van der Waals surface area contributed by atoms with Crippen molar-refractivity contribution in [1.29, 1.82) is 0 Å². The average molecular weight is 209 g/mol. The van der Waals surface area contributed by atoms with Gasteiger partial charge in [-0.15, -0.1) is 0 Å². The molecule has 0 aromatic heterocycles. The molecule has 0 aliphatic heterocycles. The van der Waals surface area contributed by atoms with Crippen molar-refractivity contribution in [3.63, 3.8) is 0 Å². The Balaban J connectivity index is 2.41. The number of rotatable bonds is 4. The van der Waals surface area contributed by atoms with E-state index in [1.807, 2.05) is 13.8 Å². The predicted octanol–water partition coefficient (Wildman–Crippen LogP) is 1.76. The van der Waals surface area contributed by atoms with Gasteiger partial charge in [-0.1, -0.05) is 0 Å². The zero-order valence-corrected chi connectivity index (χ0v) is 8.86. The molecule has 2 N–H and O–H groups in total. The van der Waals surface area contributed by atoms with E-state index in [9.17, 15) is 4.79 Å². The van der Waals surface area contributed by atoms with Gasteiger partial charge in [-0.05, 0) is 38.1 Å². The van der Waals surface area contributed by atoms with Gasteiger partial charge in [0.2, 0.25) is 5.91 Å². The molecule has 4 nitrogen and oxygen atoms in total. The molecule has 0 unspecified atom stereocenters. The summed E-state index contributed by atoms with van der Waals surface area (Å²) < 4.78 is 5.14. The Bertz CT molecular complexity index is 319. The molecular formula is C11H15NO3. The number of amides is 1. The van der Waals surface area contributed by atoms with Crippen molar-refractivity contribution in [2.24, 2.45) is 0 Å². The van der Waals surface area contributed by atoms with E-state index >= 15 is 0 Å². The number of benzene rings is 1. The lowest BCUT2D eigenvalue weighted by atomic mass is 10.3. The number of phenolic OH excluding ortho intramolecular Hbond substituents is 1. The second-order valence-electron chi connectivity index (χ2n) is 3.45. The zero-order valence-electron chi connectivity index (χ0n) is 8.86. The van der Waals surface area contributed by atoms with E-state index in [2.05, 4.69) is 5.32 Å². The third-order valence-electron chi connectivity index (χ3n) is 1.70. The normalized spacial score (nSPS) is 10.3. The Morgan fingerprint density at radius 3 is 2.53 bits per heavy atom. The molecule has 0 fully saturated rings. The van der Waals surface area contributed by atoms with Crippen molar-refractivity contribution in [1.82, 2.24) is 0 Å². The van der Waals surface area contributed by atoms with Crippen molar-refractivity contribution in [3.05, 3.63) is 24.3 Å². The van der Waals surface area contributed by atoms with E-state index < -0.39 is 0 Å². The van der Waals surface area contributed by atoms with Crippen LogP contribution in [0.25, 0.3) is 0 Å². The number of carbonyl (C=O) groups excluding carboxylic acids is 1. The number of ether oxygens (including phenoxy) is 1. The van der Waals surface area contributed by atoms with Crippen molar-refractivity contribution in [3.8, 4) is 5.75 Å². The summed E-state index contributed by atoms with van der Waals surface area (Å²) in [5.74, 6) is -0.0270. The first-order chi connectivity index (χ1) is 7.08. The minimum Gasteiger partial charge on any atom is -0.508 e.